The molecule has 0 amide bonds. The van der Waals surface area contributed by atoms with Gasteiger partial charge in [-0.2, -0.15) is 0 Å². The van der Waals surface area contributed by atoms with Crippen LogP contribution in [0.3, 0.4) is 0 Å². The molecular formula is C18H19N3O. The van der Waals surface area contributed by atoms with E-state index in [4.69, 9.17) is 9.72 Å². The first kappa shape index (κ1) is 13.5. The fourth-order valence-corrected chi connectivity index (χ4v) is 3.15. The number of fused-ring (bicyclic) bond motifs is 1. The first-order valence-electron chi connectivity index (χ1n) is 7.79. The molecule has 0 radical (unpaired) electrons. The molecule has 1 atom stereocenters. The number of rotatable bonds is 3. The van der Waals surface area contributed by atoms with Gasteiger partial charge in [0.05, 0.1) is 6.54 Å². The van der Waals surface area contributed by atoms with Crippen molar-refractivity contribution in [2.24, 2.45) is 0 Å². The van der Waals surface area contributed by atoms with Crippen LogP contribution in [-0.2, 0) is 11.3 Å². The van der Waals surface area contributed by atoms with Crippen LogP contribution in [0.15, 0.2) is 42.6 Å². The van der Waals surface area contributed by atoms with E-state index in [0.717, 1.165) is 43.0 Å². The zero-order valence-corrected chi connectivity index (χ0v) is 12.7. The molecule has 22 heavy (non-hydrogen) atoms. The quantitative estimate of drug-likeness (QED) is 0.740. The lowest BCUT2D eigenvalue weighted by atomic mass is 10.1. The minimum absolute atomic E-state index is 0.0963. The zero-order valence-electron chi connectivity index (χ0n) is 12.7. The first-order valence-corrected chi connectivity index (χ1v) is 7.79. The Morgan fingerprint density at radius 3 is 3.05 bits per heavy atom. The van der Waals surface area contributed by atoms with Crippen LogP contribution in [0, 0.1) is 6.92 Å². The van der Waals surface area contributed by atoms with Crippen molar-refractivity contribution in [1.29, 1.82) is 0 Å². The average molecular weight is 293 g/mol. The van der Waals surface area contributed by atoms with Crippen LogP contribution in [-0.4, -0.2) is 21.1 Å². The number of hydrogen-bond donors (Lipinski definition) is 0. The van der Waals surface area contributed by atoms with Gasteiger partial charge in [-0.15, -0.1) is 0 Å². The van der Waals surface area contributed by atoms with Gasteiger partial charge in [-0.1, -0.05) is 29.8 Å². The fourth-order valence-electron chi connectivity index (χ4n) is 3.15. The van der Waals surface area contributed by atoms with Crippen LogP contribution in [0.4, 0.5) is 0 Å². The topological polar surface area (TPSA) is 39.9 Å². The summed E-state index contributed by atoms with van der Waals surface area (Å²) in [5, 5.41) is 0. The van der Waals surface area contributed by atoms with Gasteiger partial charge in [0.25, 0.3) is 0 Å². The molecule has 1 saturated heterocycles. The molecular weight excluding hydrogens is 274 g/mol. The molecule has 0 N–H and O–H groups in total. The zero-order chi connectivity index (χ0) is 14.9. The molecule has 1 fully saturated rings. The maximum absolute atomic E-state index is 5.86. The third kappa shape index (κ3) is 2.40. The highest BCUT2D eigenvalue weighted by Crippen LogP contribution is 2.30. The van der Waals surface area contributed by atoms with Gasteiger partial charge in [-0.25, -0.2) is 9.97 Å². The Balaban J connectivity index is 1.81. The SMILES string of the molecule is Cc1cccc(Cn2c(C3CCCO3)nc3cccnc32)c1. The van der Waals surface area contributed by atoms with E-state index in [1.165, 1.54) is 11.1 Å². The van der Waals surface area contributed by atoms with Crippen LogP contribution in [0.2, 0.25) is 0 Å². The van der Waals surface area contributed by atoms with Crippen LogP contribution >= 0.6 is 0 Å². The molecule has 0 spiro atoms. The molecule has 112 valence electrons. The largest absolute Gasteiger partial charge is 0.370 e. The summed E-state index contributed by atoms with van der Waals surface area (Å²) in [7, 11) is 0. The van der Waals surface area contributed by atoms with Crippen molar-refractivity contribution in [3.8, 4) is 0 Å². The molecule has 1 aliphatic rings. The Kier molecular flexibility index (Phi) is 3.39. The third-order valence-electron chi connectivity index (χ3n) is 4.17. The Hall–Kier alpha value is -2.20. The second kappa shape index (κ2) is 5.54. The maximum atomic E-state index is 5.86. The average Bonchev–Trinajstić information content (AvgIpc) is 3.15. The number of imidazole rings is 1. The molecule has 0 aliphatic carbocycles. The summed E-state index contributed by atoms with van der Waals surface area (Å²) in [5.74, 6) is 1.01. The van der Waals surface area contributed by atoms with Gasteiger partial charge in [0.1, 0.15) is 17.4 Å². The van der Waals surface area contributed by atoms with Crippen molar-refractivity contribution in [1.82, 2.24) is 14.5 Å². The monoisotopic (exact) mass is 293 g/mol. The molecule has 1 aromatic carbocycles. The molecule has 1 unspecified atom stereocenters. The lowest BCUT2D eigenvalue weighted by Crippen LogP contribution is -2.10. The molecule has 0 bridgehead atoms. The van der Waals surface area contributed by atoms with Crippen molar-refractivity contribution in [3.63, 3.8) is 0 Å². The summed E-state index contributed by atoms with van der Waals surface area (Å²) in [6.45, 7) is 3.73. The summed E-state index contributed by atoms with van der Waals surface area (Å²) in [5.41, 5.74) is 4.42. The summed E-state index contributed by atoms with van der Waals surface area (Å²) in [4.78, 5) is 9.33. The highest BCUT2D eigenvalue weighted by Gasteiger charge is 2.24. The minimum Gasteiger partial charge on any atom is -0.370 e. The Morgan fingerprint density at radius 2 is 2.23 bits per heavy atom. The van der Waals surface area contributed by atoms with Crippen molar-refractivity contribution in [2.75, 3.05) is 6.61 Å². The van der Waals surface area contributed by atoms with E-state index in [9.17, 15) is 0 Å². The van der Waals surface area contributed by atoms with Crippen molar-refractivity contribution < 1.29 is 4.74 Å². The summed E-state index contributed by atoms with van der Waals surface area (Å²) >= 11 is 0. The predicted molar refractivity (Wildman–Crippen MR) is 85.7 cm³/mol. The van der Waals surface area contributed by atoms with Crippen LogP contribution in [0.25, 0.3) is 11.2 Å². The van der Waals surface area contributed by atoms with E-state index in [-0.39, 0.29) is 6.10 Å². The fraction of sp³-hybridized carbons (Fsp3) is 0.333. The molecule has 3 heterocycles. The number of nitrogens with zero attached hydrogens (tertiary/aromatic N) is 3. The minimum atomic E-state index is 0.0963. The van der Waals surface area contributed by atoms with Gasteiger partial charge in [0.15, 0.2) is 5.65 Å². The molecule has 4 nitrogen and oxygen atoms in total. The number of ether oxygens (including phenoxy) is 1. The van der Waals surface area contributed by atoms with Crippen LogP contribution < -0.4 is 0 Å². The second-order valence-corrected chi connectivity index (χ2v) is 5.89. The summed E-state index contributed by atoms with van der Waals surface area (Å²) in [6.07, 6.45) is 4.07. The van der Waals surface area contributed by atoms with Gasteiger partial charge >= 0.3 is 0 Å². The van der Waals surface area contributed by atoms with E-state index >= 15 is 0 Å². The van der Waals surface area contributed by atoms with Crippen molar-refractivity contribution in [2.45, 2.75) is 32.4 Å². The Labute approximate surface area is 129 Å². The van der Waals surface area contributed by atoms with Crippen molar-refractivity contribution in [3.05, 3.63) is 59.5 Å². The Morgan fingerprint density at radius 1 is 1.27 bits per heavy atom. The third-order valence-corrected chi connectivity index (χ3v) is 4.17. The lowest BCUT2D eigenvalue weighted by molar-refractivity contribution is 0.103. The van der Waals surface area contributed by atoms with E-state index < -0.39 is 0 Å². The highest BCUT2D eigenvalue weighted by atomic mass is 16.5. The van der Waals surface area contributed by atoms with E-state index in [1.54, 1.807) is 0 Å². The van der Waals surface area contributed by atoms with Gasteiger partial charge in [0, 0.05) is 12.8 Å². The second-order valence-electron chi connectivity index (χ2n) is 5.89. The molecule has 1 aliphatic heterocycles. The molecule has 0 saturated carbocycles. The van der Waals surface area contributed by atoms with E-state index in [1.807, 2.05) is 18.3 Å². The number of hydrogen-bond acceptors (Lipinski definition) is 3. The van der Waals surface area contributed by atoms with Crippen molar-refractivity contribution >= 4 is 11.2 Å². The number of aryl methyl sites for hydroxylation is 1. The molecule has 4 rings (SSSR count). The van der Waals surface area contributed by atoms with Gasteiger partial charge in [0.2, 0.25) is 0 Å². The molecule has 2 aromatic heterocycles. The molecule has 3 aromatic rings. The normalized spacial score (nSPS) is 18.1. The predicted octanol–water partition coefficient (Wildman–Crippen LogP) is 3.64. The van der Waals surface area contributed by atoms with Gasteiger partial charge in [-0.05, 0) is 37.5 Å². The summed E-state index contributed by atoms with van der Waals surface area (Å²) in [6, 6.07) is 12.5. The number of benzene rings is 1. The number of aromatic nitrogens is 3. The number of pyridine rings is 1. The maximum Gasteiger partial charge on any atom is 0.160 e. The summed E-state index contributed by atoms with van der Waals surface area (Å²) < 4.78 is 8.07. The molecule has 4 heteroatoms. The first-order chi connectivity index (χ1) is 10.8. The van der Waals surface area contributed by atoms with E-state index in [2.05, 4.69) is 40.7 Å². The smallest absolute Gasteiger partial charge is 0.160 e. The highest BCUT2D eigenvalue weighted by molar-refractivity contribution is 5.71. The van der Waals surface area contributed by atoms with Crippen LogP contribution in [0.5, 0.6) is 0 Å². The standard InChI is InChI=1S/C18H19N3O/c1-13-5-2-6-14(11-13)12-21-17-15(7-3-9-19-17)20-18(21)16-8-4-10-22-16/h2-3,5-7,9,11,16H,4,8,10,12H2,1H3. The Bertz CT molecular complexity index is 803. The van der Waals surface area contributed by atoms with Gasteiger partial charge in [-0.3, -0.25) is 0 Å². The van der Waals surface area contributed by atoms with E-state index in [0.29, 0.717) is 0 Å². The lowest BCUT2D eigenvalue weighted by Gasteiger charge is -2.13. The van der Waals surface area contributed by atoms with Crippen LogP contribution in [0.1, 0.15) is 35.9 Å². The van der Waals surface area contributed by atoms with Gasteiger partial charge < -0.3 is 9.30 Å².